The first-order chi connectivity index (χ1) is 7.79. The van der Waals surface area contributed by atoms with E-state index in [-0.39, 0.29) is 6.10 Å². The molecule has 0 amide bonds. The Morgan fingerprint density at radius 1 is 1.25 bits per heavy atom. The molecule has 1 aromatic rings. The lowest BCUT2D eigenvalue weighted by Crippen LogP contribution is -2.17. The zero-order valence-electron chi connectivity index (χ0n) is 10.4. The van der Waals surface area contributed by atoms with Gasteiger partial charge in [-0.1, -0.05) is 44.0 Å². The van der Waals surface area contributed by atoms with Crippen molar-refractivity contribution in [3.63, 3.8) is 0 Å². The summed E-state index contributed by atoms with van der Waals surface area (Å²) in [6, 6.07) is 8.30. The van der Waals surface area contributed by atoms with Crippen molar-refractivity contribution in [2.24, 2.45) is 5.73 Å². The van der Waals surface area contributed by atoms with Crippen LogP contribution < -0.4 is 5.73 Å². The fourth-order valence-electron chi connectivity index (χ4n) is 1.81. The van der Waals surface area contributed by atoms with Crippen molar-refractivity contribution in [3.8, 4) is 0 Å². The van der Waals surface area contributed by atoms with Gasteiger partial charge in [-0.15, -0.1) is 0 Å². The Kier molecular flexibility index (Phi) is 6.12. The van der Waals surface area contributed by atoms with Crippen molar-refractivity contribution >= 4 is 0 Å². The van der Waals surface area contributed by atoms with Crippen molar-refractivity contribution in [2.75, 3.05) is 13.2 Å². The Hall–Kier alpha value is -0.860. The van der Waals surface area contributed by atoms with Gasteiger partial charge in [-0.3, -0.25) is 0 Å². The minimum absolute atomic E-state index is 0.0538. The molecule has 0 saturated carbocycles. The van der Waals surface area contributed by atoms with Crippen molar-refractivity contribution in [1.82, 2.24) is 0 Å². The van der Waals surface area contributed by atoms with Crippen LogP contribution in [-0.4, -0.2) is 13.2 Å². The quantitative estimate of drug-likeness (QED) is 0.718. The van der Waals surface area contributed by atoms with E-state index in [0.29, 0.717) is 6.54 Å². The van der Waals surface area contributed by atoms with E-state index in [2.05, 4.69) is 26.0 Å². The Morgan fingerprint density at radius 2 is 2.00 bits per heavy atom. The zero-order chi connectivity index (χ0) is 11.8. The van der Waals surface area contributed by atoms with Gasteiger partial charge in [0.15, 0.2) is 0 Å². The molecule has 0 spiro atoms. The van der Waals surface area contributed by atoms with Crippen LogP contribution >= 0.6 is 0 Å². The molecule has 2 heteroatoms. The van der Waals surface area contributed by atoms with Crippen molar-refractivity contribution in [1.29, 1.82) is 0 Å². The van der Waals surface area contributed by atoms with E-state index in [9.17, 15) is 0 Å². The standard InChI is InChI=1S/C14H23NO/c1-3-4-7-10-16-14(11-15)13-9-6-5-8-12(13)2/h5-6,8-9,14H,3-4,7,10-11,15H2,1-2H3. The van der Waals surface area contributed by atoms with Crippen LogP contribution in [-0.2, 0) is 4.74 Å². The number of hydrogen-bond donors (Lipinski definition) is 1. The lowest BCUT2D eigenvalue weighted by molar-refractivity contribution is 0.0556. The SMILES string of the molecule is CCCCCOC(CN)c1ccccc1C. The van der Waals surface area contributed by atoms with Crippen LogP contribution in [0.1, 0.15) is 43.4 Å². The second-order valence-electron chi connectivity index (χ2n) is 4.16. The number of ether oxygens (including phenoxy) is 1. The maximum Gasteiger partial charge on any atom is 0.0949 e. The largest absolute Gasteiger partial charge is 0.372 e. The first-order valence-electron chi connectivity index (χ1n) is 6.16. The van der Waals surface area contributed by atoms with Gasteiger partial charge in [0.05, 0.1) is 6.10 Å². The van der Waals surface area contributed by atoms with Crippen molar-refractivity contribution in [3.05, 3.63) is 35.4 Å². The number of rotatable bonds is 7. The molecule has 0 radical (unpaired) electrons. The van der Waals surface area contributed by atoms with Gasteiger partial charge in [0.2, 0.25) is 0 Å². The second kappa shape index (κ2) is 7.42. The van der Waals surface area contributed by atoms with Gasteiger partial charge in [-0.2, -0.15) is 0 Å². The Bertz CT molecular complexity index is 299. The molecule has 2 N–H and O–H groups in total. The Labute approximate surface area is 98.8 Å². The summed E-state index contributed by atoms with van der Waals surface area (Å²) in [4.78, 5) is 0. The van der Waals surface area contributed by atoms with E-state index in [1.54, 1.807) is 0 Å². The molecule has 90 valence electrons. The van der Waals surface area contributed by atoms with Crippen molar-refractivity contribution in [2.45, 2.75) is 39.2 Å². The summed E-state index contributed by atoms with van der Waals surface area (Å²) < 4.78 is 5.84. The first kappa shape index (κ1) is 13.2. The lowest BCUT2D eigenvalue weighted by Gasteiger charge is -2.18. The van der Waals surface area contributed by atoms with Crippen LogP contribution in [0.3, 0.4) is 0 Å². The number of nitrogens with two attached hydrogens (primary N) is 1. The summed E-state index contributed by atoms with van der Waals surface area (Å²) in [6.07, 6.45) is 3.63. The highest BCUT2D eigenvalue weighted by Crippen LogP contribution is 2.20. The van der Waals surface area contributed by atoms with E-state index in [0.717, 1.165) is 13.0 Å². The minimum atomic E-state index is 0.0538. The predicted octanol–water partition coefficient (Wildman–Crippen LogP) is 3.20. The van der Waals surface area contributed by atoms with E-state index >= 15 is 0 Å². The van der Waals surface area contributed by atoms with Crippen LogP contribution in [0.4, 0.5) is 0 Å². The summed E-state index contributed by atoms with van der Waals surface area (Å²) in [5, 5.41) is 0. The van der Waals surface area contributed by atoms with Gasteiger partial charge in [0.1, 0.15) is 0 Å². The van der Waals surface area contributed by atoms with Gasteiger partial charge < -0.3 is 10.5 Å². The molecule has 0 fully saturated rings. The molecule has 1 aromatic carbocycles. The topological polar surface area (TPSA) is 35.2 Å². The molecule has 0 saturated heterocycles. The van der Waals surface area contributed by atoms with Gasteiger partial charge in [-0.25, -0.2) is 0 Å². The number of benzene rings is 1. The Morgan fingerprint density at radius 3 is 2.62 bits per heavy atom. The molecule has 0 heterocycles. The molecule has 1 atom stereocenters. The summed E-state index contributed by atoms with van der Waals surface area (Å²) >= 11 is 0. The number of aryl methyl sites for hydroxylation is 1. The fraction of sp³-hybridized carbons (Fsp3) is 0.571. The third kappa shape index (κ3) is 3.95. The smallest absolute Gasteiger partial charge is 0.0949 e. The molecule has 0 aromatic heterocycles. The normalized spacial score (nSPS) is 12.7. The molecule has 1 rings (SSSR count). The highest BCUT2D eigenvalue weighted by molar-refractivity contribution is 5.27. The molecule has 16 heavy (non-hydrogen) atoms. The van der Waals surface area contributed by atoms with Gasteiger partial charge in [0.25, 0.3) is 0 Å². The molecule has 0 aliphatic heterocycles. The van der Waals surface area contributed by atoms with Gasteiger partial charge in [-0.05, 0) is 24.5 Å². The highest BCUT2D eigenvalue weighted by atomic mass is 16.5. The molecule has 0 aliphatic carbocycles. The average molecular weight is 221 g/mol. The van der Waals surface area contributed by atoms with Crippen molar-refractivity contribution < 1.29 is 4.74 Å². The summed E-state index contributed by atoms with van der Waals surface area (Å²) in [5.74, 6) is 0. The average Bonchev–Trinajstić information content (AvgIpc) is 2.31. The van der Waals surface area contributed by atoms with Crippen LogP contribution in [0.5, 0.6) is 0 Å². The highest BCUT2D eigenvalue weighted by Gasteiger charge is 2.11. The number of unbranched alkanes of at least 4 members (excludes halogenated alkanes) is 2. The van der Waals surface area contributed by atoms with Gasteiger partial charge in [0, 0.05) is 13.2 Å². The monoisotopic (exact) mass is 221 g/mol. The predicted molar refractivity (Wildman–Crippen MR) is 68.5 cm³/mol. The Balaban J connectivity index is 2.51. The minimum Gasteiger partial charge on any atom is -0.372 e. The second-order valence-corrected chi connectivity index (χ2v) is 4.16. The fourth-order valence-corrected chi connectivity index (χ4v) is 1.81. The van der Waals surface area contributed by atoms with E-state index in [1.165, 1.54) is 24.0 Å². The van der Waals surface area contributed by atoms with E-state index < -0.39 is 0 Å². The van der Waals surface area contributed by atoms with E-state index in [4.69, 9.17) is 10.5 Å². The van der Waals surface area contributed by atoms with E-state index in [1.807, 2.05) is 12.1 Å². The maximum atomic E-state index is 5.84. The third-order valence-electron chi connectivity index (χ3n) is 2.82. The zero-order valence-corrected chi connectivity index (χ0v) is 10.4. The molecule has 2 nitrogen and oxygen atoms in total. The molecular formula is C14H23NO. The van der Waals surface area contributed by atoms with Crippen LogP contribution in [0.2, 0.25) is 0 Å². The summed E-state index contributed by atoms with van der Waals surface area (Å²) in [5.41, 5.74) is 8.24. The lowest BCUT2D eigenvalue weighted by atomic mass is 10.0. The molecule has 0 bridgehead atoms. The molecule has 1 unspecified atom stereocenters. The summed E-state index contributed by atoms with van der Waals surface area (Å²) in [6.45, 7) is 5.66. The molecular weight excluding hydrogens is 198 g/mol. The van der Waals surface area contributed by atoms with Crippen LogP contribution in [0.15, 0.2) is 24.3 Å². The van der Waals surface area contributed by atoms with Crippen LogP contribution in [0.25, 0.3) is 0 Å². The number of hydrogen-bond acceptors (Lipinski definition) is 2. The third-order valence-corrected chi connectivity index (χ3v) is 2.82. The molecule has 0 aliphatic rings. The summed E-state index contributed by atoms with van der Waals surface area (Å²) in [7, 11) is 0. The van der Waals surface area contributed by atoms with Crippen LogP contribution in [0, 0.1) is 6.92 Å². The maximum absolute atomic E-state index is 5.84. The van der Waals surface area contributed by atoms with Gasteiger partial charge >= 0.3 is 0 Å². The first-order valence-corrected chi connectivity index (χ1v) is 6.16.